The number of hydrogen-bond donors (Lipinski definition) is 1. The Kier molecular flexibility index (Phi) is 3.28. The van der Waals surface area contributed by atoms with E-state index in [9.17, 15) is 9.18 Å². The Hall–Kier alpha value is -1.62. The predicted octanol–water partition coefficient (Wildman–Crippen LogP) is 1.62. The van der Waals surface area contributed by atoms with Gasteiger partial charge in [0.1, 0.15) is 6.17 Å². The first-order chi connectivity index (χ1) is 8.11. The van der Waals surface area contributed by atoms with Gasteiger partial charge in [0.15, 0.2) is 6.10 Å². The highest BCUT2D eigenvalue weighted by atomic mass is 19.1. The van der Waals surface area contributed by atoms with Crippen molar-refractivity contribution in [2.24, 2.45) is 0 Å². The monoisotopic (exact) mass is 239 g/mol. The van der Waals surface area contributed by atoms with Gasteiger partial charge in [-0.1, -0.05) is 12.1 Å². The summed E-state index contributed by atoms with van der Waals surface area (Å²) in [4.78, 5) is 12.8. The topological polar surface area (TPSA) is 49.8 Å². The normalized spacial score (nSPS) is 17.6. The molecule has 1 aromatic carbocycles. The van der Waals surface area contributed by atoms with Crippen LogP contribution in [0.5, 0.6) is 0 Å². The van der Waals surface area contributed by atoms with Crippen molar-refractivity contribution in [2.45, 2.75) is 12.3 Å². The van der Waals surface area contributed by atoms with Crippen molar-refractivity contribution < 1.29 is 19.0 Å². The van der Waals surface area contributed by atoms with Crippen molar-refractivity contribution in [3.8, 4) is 0 Å². The van der Waals surface area contributed by atoms with Crippen molar-refractivity contribution in [1.82, 2.24) is 0 Å². The maximum Gasteiger partial charge on any atom is 0.337 e. The zero-order chi connectivity index (χ0) is 12.4. The lowest BCUT2D eigenvalue weighted by molar-refractivity contribution is -0.148. The number of rotatable bonds is 4. The number of ether oxygens (including phenoxy) is 1. The van der Waals surface area contributed by atoms with Crippen LogP contribution >= 0.6 is 0 Å². The molecule has 4 nitrogen and oxygen atoms in total. The number of carbonyl (C=O) groups is 1. The second-order valence-corrected chi connectivity index (χ2v) is 4.05. The van der Waals surface area contributed by atoms with Crippen LogP contribution in [0, 0.1) is 0 Å². The number of carboxylic acids is 1. The molecule has 0 bridgehead atoms. The van der Waals surface area contributed by atoms with E-state index in [2.05, 4.69) is 0 Å². The molecule has 2 rings (SSSR count). The van der Waals surface area contributed by atoms with Gasteiger partial charge in [0, 0.05) is 12.8 Å². The third-order valence-corrected chi connectivity index (χ3v) is 2.84. The van der Waals surface area contributed by atoms with Gasteiger partial charge in [-0.2, -0.15) is 0 Å². The molecule has 1 saturated heterocycles. The number of halogens is 1. The van der Waals surface area contributed by atoms with Crippen molar-refractivity contribution in [3.05, 3.63) is 29.8 Å². The van der Waals surface area contributed by atoms with Crippen LogP contribution in [0.15, 0.2) is 24.3 Å². The lowest BCUT2D eigenvalue weighted by atomic mass is 10.1. The molecule has 17 heavy (non-hydrogen) atoms. The number of hydrogen-bond acceptors (Lipinski definition) is 3. The van der Waals surface area contributed by atoms with Gasteiger partial charge in [-0.25, -0.2) is 9.18 Å². The SMILES string of the molecule is COC(C(=O)O)c1cccc(N2CC(F)C2)c1. The Balaban J connectivity index is 2.19. The van der Waals surface area contributed by atoms with Crippen LogP contribution in [-0.2, 0) is 9.53 Å². The fraction of sp³-hybridized carbons (Fsp3) is 0.417. The number of aliphatic carboxylic acids is 1. The van der Waals surface area contributed by atoms with Gasteiger partial charge in [-0.15, -0.1) is 0 Å². The zero-order valence-electron chi connectivity index (χ0n) is 9.47. The van der Waals surface area contributed by atoms with Crippen LogP contribution in [0.2, 0.25) is 0 Å². The average molecular weight is 239 g/mol. The summed E-state index contributed by atoms with van der Waals surface area (Å²) < 4.78 is 17.7. The lowest BCUT2D eigenvalue weighted by Crippen LogP contribution is -2.48. The molecule has 1 aliphatic heterocycles. The predicted molar refractivity (Wildman–Crippen MR) is 60.9 cm³/mol. The van der Waals surface area contributed by atoms with Crippen molar-refractivity contribution in [1.29, 1.82) is 0 Å². The fourth-order valence-corrected chi connectivity index (χ4v) is 1.90. The van der Waals surface area contributed by atoms with Gasteiger partial charge in [0.2, 0.25) is 0 Å². The van der Waals surface area contributed by atoms with Crippen LogP contribution in [0.25, 0.3) is 0 Å². The van der Waals surface area contributed by atoms with Gasteiger partial charge in [0.05, 0.1) is 13.1 Å². The van der Waals surface area contributed by atoms with Crippen LogP contribution in [-0.4, -0.2) is 37.4 Å². The summed E-state index contributed by atoms with van der Waals surface area (Å²) in [6.07, 6.45) is -1.76. The van der Waals surface area contributed by atoms with E-state index in [0.717, 1.165) is 5.69 Å². The average Bonchev–Trinajstić information content (AvgIpc) is 2.26. The summed E-state index contributed by atoms with van der Waals surface area (Å²) in [7, 11) is 1.35. The van der Waals surface area contributed by atoms with Gasteiger partial charge < -0.3 is 14.7 Å². The quantitative estimate of drug-likeness (QED) is 0.867. The largest absolute Gasteiger partial charge is 0.479 e. The van der Waals surface area contributed by atoms with E-state index in [0.29, 0.717) is 18.7 Å². The van der Waals surface area contributed by atoms with Crippen LogP contribution in [0.4, 0.5) is 10.1 Å². The lowest BCUT2D eigenvalue weighted by Gasteiger charge is -2.36. The second-order valence-electron chi connectivity index (χ2n) is 4.05. The molecule has 0 aromatic heterocycles. The van der Waals surface area contributed by atoms with E-state index in [4.69, 9.17) is 9.84 Å². The van der Waals surface area contributed by atoms with E-state index >= 15 is 0 Å². The number of benzene rings is 1. The molecule has 1 aromatic rings. The van der Waals surface area contributed by atoms with Crippen molar-refractivity contribution >= 4 is 11.7 Å². The Bertz CT molecular complexity index is 418. The van der Waals surface area contributed by atoms with Gasteiger partial charge in [-0.3, -0.25) is 0 Å². The summed E-state index contributed by atoms with van der Waals surface area (Å²) in [5.41, 5.74) is 1.40. The van der Waals surface area contributed by atoms with Crippen LogP contribution < -0.4 is 4.90 Å². The van der Waals surface area contributed by atoms with Gasteiger partial charge >= 0.3 is 5.97 Å². The summed E-state index contributed by atoms with van der Waals surface area (Å²) in [5, 5.41) is 8.97. The van der Waals surface area contributed by atoms with Crippen molar-refractivity contribution in [3.63, 3.8) is 0 Å². The highest BCUT2D eigenvalue weighted by Gasteiger charge is 2.27. The van der Waals surface area contributed by atoms with E-state index in [1.165, 1.54) is 7.11 Å². The number of carboxylic acid groups (broad SMARTS) is 1. The maximum absolute atomic E-state index is 12.7. The molecule has 1 heterocycles. The first-order valence-electron chi connectivity index (χ1n) is 5.36. The van der Waals surface area contributed by atoms with Gasteiger partial charge in [0.25, 0.3) is 0 Å². The summed E-state index contributed by atoms with van der Waals surface area (Å²) in [6.45, 7) is 0.738. The van der Waals surface area contributed by atoms with E-state index < -0.39 is 18.2 Å². The third kappa shape index (κ3) is 2.39. The van der Waals surface area contributed by atoms with Crippen molar-refractivity contribution in [2.75, 3.05) is 25.1 Å². The zero-order valence-corrected chi connectivity index (χ0v) is 9.47. The number of anilines is 1. The molecule has 1 fully saturated rings. The molecule has 1 N–H and O–H groups in total. The molecular weight excluding hydrogens is 225 g/mol. The van der Waals surface area contributed by atoms with Crippen LogP contribution in [0.1, 0.15) is 11.7 Å². The molecule has 0 radical (unpaired) electrons. The Labute approximate surface area is 98.6 Å². The molecule has 1 unspecified atom stereocenters. The third-order valence-electron chi connectivity index (χ3n) is 2.84. The molecule has 1 aliphatic rings. The molecule has 5 heteroatoms. The molecule has 0 amide bonds. The highest BCUT2D eigenvalue weighted by molar-refractivity contribution is 5.75. The molecular formula is C12H14FNO3. The molecule has 1 atom stereocenters. The van der Waals surface area contributed by atoms with E-state index in [-0.39, 0.29) is 0 Å². The number of alkyl halides is 1. The Morgan fingerprint density at radius 3 is 2.82 bits per heavy atom. The fourth-order valence-electron chi connectivity index (χ4n) is 1.90. The maximum atomic E-state index is 12.7. The first-order valence-corrected chi connectivity index (χ1v) is 5.36. The number of methoxy groups -OCH3 is 1. The summed E-state index contributed by atoms with van der Waals surface area (Å²) in [5.74, 6) is -1.03. The Morgan fingerprint density at radius 1 is 1.59 bits per heavy atom. The minimum Gasteiger partial charge on any atom is -0.479 e. The molecule has 0 spiro atoms. The second kappa shape index (κ2) is 4.71. The summed E-state index contributed by atoms with van der Waals surface area (Å²) in [6, 6.07) is 7.02. The number of nitrogens with zero attached hydrogens (tertiary/aromatic N) is 1. The van der Waals surface area contributed by atoms with Gasteiger partial charge in [-0.05, 0) is 17.7 Å². The molecule has 0 aliphatic carbocycles. The molecule has 0 saturated carbocycles. The molecule has 92 valence electrons. The summed E-state index contributed by atoms with van der Waals surface area (Å²) >= 11 is 0. The smallest absolute Gasteiger partial charge is 0.337 e. The Morgan fingerprint density at radius 2 is 2.29 bits per heavy atom. The van der Waals surface area contributed by atoms with E-state index in [1.54, 1.807) is 18.2 Å². The first kappa shape index (κ1) is 11.9. The van der Waals surface area contributed by atoms with Crippen LogP contribution in [0.3, 0.4) is 0 Å². The minimum absolute atomic E-state index is 0.369. The minimum atomic E-state index is -1.03. The standard InChI is InChI=1S/C12H14FNO3/c1-17-11(12(15)16)8-3-2-4-10(5-8)14-6-9(13)7-14/h2-5,9,11H,6-7H2,1H3,(H,15,16). The highest BCUT2D eigenvalue weighted by Crippen LogP contribution is 2.26. The van der Waals surface area contributed by atoms with E-state index in [1.807, 2.05) is 11.0 Å².